The number of hydrogen-bond donors (Lipinski definition) is 1. The minimum Gasteiger partial charge on any atom is -0.441 e. The minimum atomic E-state index is -0.117. The number of fused-ring (bicyclic) bond motifs is 2. The lowest BCUT2D eigenvalue weighted by Gasteiger charge is -2.36. The summed E-state index contributed by atoms with van der Waals surface area (Å²) in [5.41, 5.74) is 3.80. The van der Waals surface area contributed by atoms with Crippen LogP contribution in [0.3, 0.4) is 0 Å². The number of aryl methyl sites for hydroxylation is 1. The van der Waals surface area contributed by atoms with Gasteiger partial charge >= 0.3 is 0 Å². The molecule has 2 aliphatic heterocycles. The predicted octanol–water partition coefficient (Wildman–Crippen LogP) is 2.78. The van der Waals surface area contributed by atoms with Crippen LogP contribution in [0.15, 0.2) is 51.8 Å². The number of aromatic nitrogens is 4. The van der Waals surface area contributed by atoms with Crippen LogP contribution in [-0.4, -0.2) is 54.9 Å². The molecule has 3 aromatic heterocycles. The zero-order valence-electron chi connectivity index (χ0n) is 19.7. The third kappa shape index (κ3) is 4.05. The van der Waals surface area contributed by atoms with Crippen molar-refractivity contribution in [3.63, 3.8) is 0 Å². The Kier molecular flexibility index (Phi) is 5.49. The summed E-state index contributed by atoms with van der Waals surface area (Å²) in [7, 11) is 0. The number of rotatable bonds is 4. The van der Waals surface area contributed by atoms with Crippen molar-refractivity contribution < 1.29 is 9.21 Å². The average molecular weight is 473 g/mol. The summed E-state index contributed by atoms with van der Waals surface area (Å²) in [5.74, 6) is 1.48. The molecule has 1 amide bonds. The van der Waals surface area contributed by atoms with Crippen molar-refractivity contribution in [2.24, 2.45) is 5.92 Å². The maximum atomic E-state index is 13.5. The summed E-state index contributed by atoms with van der Waals surface area (Å²) < 4.78 is 7.37. The van der Waals surface area contributed by atoms with Crippen molar-refractivity contribution in [1.29, 1.82) is 0 Å². The van der Waals surface area contributed by atoms with Gasteiger partial charge in [0.2, 0.25) is 11.8 Å². The van der Waals surface area contributed by atoms with E-state index in [0.717, 1.165) is 42.1 Å². The van der Waals surface area contributed by atoms with E-state index in [-0.39, 0.29) is 17.4 Å². The first-order valence-electron chi connectivity index (χ1n) is 12.2. The van der Waals surface area contributed by atoms with Gasteiger partial charge in [-0.15, -0.1) is 0 Å². The van der Waals surface area contributed by atoms with Gasteiger partial charge in [0.1, 0.15) is 5.76 Å². The van der Waals surface area contributed by atoms with Crippen molar-refractivity contribution in [2.75, 3.05) is 19.6 Å². The number of carbonyl (C=O) groups is 1. The first-order valence-corrected chi connectivity index (χ1v) is 12.2. The smallest absolute Gasteiger partial charge is 0.277 e. The van der Waals surface area contributed by atoms with E-state index >= 15 is 0 Å². The van der Waals surface area contributed by atoms with Crippen LogP contribution in [0, 0.1) is 12.8 Å². The molecule has 2 aliphatic rings. The number of amides is 1. The van der Waals surface area contributed by atoms with Crippen molar-refractivity contribution >= 4 is 11.6 Å². The fraction of sp³-hybridized carbons (Fsp3) is 0.385. The molecule has 1 atom stereocenters. The van der Waals surface area contributed by atoms with Crippen LogP contribution in [0.5, 0.6) is 0 Å². The number of H-pyrrole nitrogens is 1. The summed E-state index contributed by atoms with van der Waals surface area (Å²) in [6, 6.07) is 11.7. The molecule has 9 nitrogen and oxygen atoms in total. The topological polar surface area (TPSA) is 99.7 Å². The van der Waals surface area contributed by atoms with Gasteiger partial charge in [-0.05, 0) is 38.4 Å². The fourth-order valence-electron chi connectivity index (χ4n) is 5.26. The molecule has 0 saturated carbocycles. The molecule has 1 saturated heterocycles. The summed E-state index contributed by atoms with van der Waals surface area (Å²) in [5, 5.41) is 2.91. The summed E-state index contributed by atoms with van der Waals surface area (Å²) in [4.78, 5) is 39.8. The highest BCUT2D eigenvalue weighted by atomic mass is 16.4. The molecule has 0 spiro atoms. The molecule has 5 heterocycles. The van der Waals surface area contributed by atoms with E-state index in [1.54, 1.807) is 12.3 Å². The quantitative estimate of drug-likeness (QED) is 0.490. The second-order valence-electron chi connectivity index (χ2n) is 9.47. The lowest BCUT2D eigenvalue weighted by atomic mass is 9.95. The van der Waals surface area contributed by atoms with E-state index in [2.05, 4.69) is 15.0 Å². The van der Waals surface area contributed by atoms with Gasteiger partial charge in [0.05, 0.1) is 29.4 Å². The normalized spacial score (nSPS) is 18.7. The van der Waals surface area contributed by atoms with Crippen LogP contribution in [0.2, 0.25) is 0 Å². The number of benzene rings is 1. The zero-order valence-corrected chi connectivity index (χ0v) is 19.7. The van der Waals surface area contributed by atoms with Gasteiger partial charge in [0.15, 0.2) is 5.65 Å². The van der Waals surface area contributed by atoms with Crippen LogP contribution in [-0.2, 0) is 24.3 Å². The highest BCUT2D eigenvalue weighted by Gasteiger charge is 2.33. The van der Waals surface area contributed by atoms with Crippen molar-refractivity contribution in [2.45, 2.75) is 39.3 Å². The number of carbonyl (C=O) groups excluding carboxylic acids is 1. The SMILES string of the molecule is Cc1oc(-c2ccccc2)nc1CN1CCC[C@H](C(=O)N2CCc3nc4cc[nH]n4c(=O)c3C2)C1. The number of piperidine rings is 1. The molecular formula is C26H28N6O3. The molecular weight excluding hydrogens is 444 g/mol. The lowest BCUT2D eigenvalue weighted by Crippen LogP contribution is -2.47. The predicted molar refractivity (Wildman–Crippen MR) is 130 cm³/mol. The Morgan fingerprint density at radius 1 is 1.17 bits per heavy atom. The monoisotopic (exact) mass is 472 g/mol. The Morgan fingerprint density at radius 2 is 2.03 bits per heavy atom. The second kappa shape index (κ2) is 8.81. The van der Waals surface area contributed by atoms with Crippen molar-refractivity contribution in [3.8, 4) is 11.5 Å². The first kappa shape index (κ1) is 21.8. The Hall–Kier alpha value is -3.72. The Balaban J connectivity index is 1.15. The largest absolute Gasteiger partial charge is 0.441 e. The van der Waals surface area contributed by atoms with E-state index in [1.165, 1.54) is 4.52 Å². The molecule has 4 aromatic rings. The van der Waals surface area contributed by atoms with Gasteiger partial charge in [0.25, 0.3) is 5.56 Å². The van der Waals surface area contributed by atoms with Gasteiger partial charge in [-0.1, -0.05) is 18.2 Å². The number of aromatic amines is 1. The van der Waals surface area contributed by atoms with E-state index in [1.807, 2.05) is 42.2 Å². The molecule has 1 N–H and O–H groups in total. The zero-order chi connectivity index (χ0) is 23.9. The van der Waals surface area contributed by atoms with Crippen LogP contribution < -0.4 is 5.56 Å². The molecule has 180 valence electrons. The lowest BCUT2D eigenvalue weighted by molar-refractivity contribution is -0.138. The van der Waals surface area contributed by atoms with Crippen molar-refractivity contribution in [1.82, 2.24) is 29.4 Å². The molecule has 35 heavy (non-hydrogen) atoms. The Labute approximate surface area is 202 Å². The third-order valence-corrected chi connectivity index (χ3v) is 7.14. The summed E-state index contributed by atoms with van der Waals surface area (Å²) in [6.07, 6.45) is 4.12. The number of hydrogen-bond acceptors (Lipinski definition) is 6. The van der Waals surface area contributed by atoms with Crippen LogP contribution >= 0.6 is 0 Å². The molecule has 0 radical (unpaired) electrons. The summed E-state index contributed by atoms with van der Waals surface area (Å²) >= 11 is 0. The Bertz CT molecular complexity index is 1440. The molecule has 1 fully saturated rings. The minimum absolute atomic E-state index is 0.0870. The van der Waals surface area contributed by atoms with Gasteiger partial charge in [0, 0.05) is 43.9 Å². The molecule has 0 unspecified atom stereocenters. The Morgan fingerprint density at radius 3 is 2.89 bits per heavy atom. The molecule has 9 heteroatoms. The highest BCUT2D eigenvalue weighted by molar-refractivity contribution is 5.79. The fourth-order valence-corrected chi connectivity index (χ4v) is 5.26. The number of likely N-dealkylation sites (tertiary alicyclic amines) is 1. The van der Waals surface area contributed by atoms with Crippen LogP contribution in [0.25, 0.3) is 17.1 Å². The van der Waals surface area contributed by atoms with E-state index < -0.39 is 0 Å². The van der Waals surface area contributed by atoms with Gasteiger partial charge in [-0.25, -0.2) is 14.5 Å². The van der Waals surface area contributed by atoms with Crippen LogP contribution in [0.4, 0.5) is 0 Å². The van der Waals surface area contributed by atoms with E-state index in [0.29, 0.717) is 49.7 Å². The van der Waals surface area contributed by atoms with Gasteiger partial charge < -0.3 is 9.32 Å². The third-order valence-electron chi connectivity index (χ3n) is 7.14. The molecule has 0 bridgehead atoms. The second-order valence-corrected chi connectivity index (χ2v) is 9.47. The van der Waals surface area contributed by atoms with E-state index in [4.69, 9.17) is 9.40 Å². The molecule has 0 aliphatic carbocycles. The highest BCUT2D eigenvalue weighted by Crippen LogP contribution is 2.26. The average Bonchev–Trinajstić information content (AvgIpc) is 3.51. The van der Waals surface area contributed by atoms with Gasteiger partial charge in [-0.3, -0.25) is 19.6 Å². The maximum absolute atomic E-state index is 13.5. The first-order chi connectivity index (χ1) is 17.1. The number of oxazole rings is 1. The van der Waals surface area contributed by atoms with Gasteiger partial charge in [-0.2, -0.15) is 0 Å². The van der Waals surface area contributed by atoms with E-state index in [9.17, 15) is 9.59 Å². The maximum Gasteiger partial charge on any atom is 0.277 e. The number of nitrogens with zero attached hydrogens (tertiary/aromatic N) is 5. The number of nitrogens with one attached hydrogen (secondary N) is 1. The molecule has 1 aromatic carbocycles. The van der Waals surface area contributed by atoms with Crippen molar-refractivity contribution in [3.05, 3.63) is 75.7 Å². The summed E-state index contributed by atoms with van der Waals surface area (Å²) in [6.45, 7) is 5.13. The van der Waals surface area contributed by atoms with Crippen LogP contribution in [0.1, 0.15) is 35.6 Å². The molecule has 6 rings (SSSR count). The standard InChI is InChI=1S/C26H28N6O3/c1-17-22(29-24(35-17)18-6-3-2-4-7-18)16-30-12-5-8-19(14-30)25(33)31-13-10-21-20(15-31)26(34)32-23(28-21)9-11-27-32/h2-4,6-7,9,11,19,27H,5,8,10,12-16H2,1H3/t19-/m0/s1.